The summed E-state index contributed by atoms with van der Waals surface area (Å²) in [6.07, 6.45) is 1.50. The molecule has 0 spiro atoms. The van der Waals surface area contributed by atoms with Crippen LogP contribution >= 0.6 is 34.7 Å². The van der Waals surface area contributed by atoms with Crippen molar-refractivity contribution in [2.45, 2.75) is 22.7 Å². The van der Waals surface area contributed by atoms with Gasteiger partial charge in [0.05, 0.1) is 33.7 Å². The fraction of sp³-hybridized carbons (Fsp3) is 0.154. The van der Waals surface area contributed by atoms with Gasteiger partial charge in [-0.2, -0.15) is 0 Å². The highest BCUT2D eigenvalue weighted by molar-refractivity contribution is 8.00. The van der Waals surface area contributed by atoms with Gasteiger partial charge in [-0.3, -0.25) is 23.7 Å². The number of fused-ring (bicyclic) bond motifs is 2. The Morgan fingerprint density at radius 2 is 1.73 bits per heavy atom. The van der Waals surface area contributed by atoms with Crippen molar-refractivity contribution in [1.29, 1.82) is 0 Å². The minimum atomic E-state index is -0.769. The zero-order valence-corrected chi connectivity index (χ0v) is 21.4. The predicted octanol–water partition coefficient (Wildman–Crippen LogP) is 4.59. The zero-order chi connectivity index (χ0) is 25.7. The summed E-state index contributed by atoms with van der Waals surface area (Å²) in [6, 6.07) is 18.9. The number of hydrogen-bond donors (Lipinski definition) is 1. The number of rotatable bonds is 5. The van der Waals surface area contributed by atoms with Gasteiger partial charge in [-0.05, 0) is 48.5 Å². The van der Waals surface area contributed by atoms with Crippen LogP contribution in [0.4, 0.5) is 11.4 Å². The number of amides is 3. The number of thiazole rings is 1. The summed E-state index contributed by atoms with van der Waals surface area (Å²) in [7, 11) is 0. The number of hydrogen-bond acceptors (Lipinski definition) is 7. The average molecular weight is 552 g/mol. The zero-order valence-electron chi connectivity index (χ0n) is 19.0. The van der Waals surface area contributed by atoms with E-state index in [9.17, 15) is 19.2 Å². The summed E-state index contributed by atoms with van der Waals surface area (Å²) in [5.74, 6) is -1.98. The molecule has 3 amide bonds. The van der Waals surface area contributed by atoms with E-state index in [1.54, 1.807) is 60.7 Å². The van der Waals surface area contributed by atoms with Gasteiger partial charge >= 0.3 is 4.87 Å². The van der Waals surface area contributed by atoms with Gasteiger partial charge in [0.25, 0.3) is 0 Å². The molecule has 37 heavy (non-hydrogen) atoms. The molecule has 0 aliphatic carbocycles. The van der Waals surface area contributed by atoms with Crippen molar-refractivity contribution in [3.05, 3.63) is 98.3 Å². The molecule has 6 rings (SSSR count). The van der Waals surface area contributed by atoms with E-state index in [0.717, 1.165) is 23.1 Å². The Kier molecular flexibility index (Phi) is 6.02. The maximum absolute atomic E-state index is 13.7. The minimum absolute atomic E-state index is 0.243. The van der Waals surface area contributed by atoms with Gasteiger partial charge in [0, 0.05) is 10.7 Å². The number of carbonyl (C=O) groups is 3. The van der Waals surface area contributed by atoms with Crippen LogP contribution in [0.2, 0.25) is 5.02 Å². The van der Waals surface area contributed by atoms with Crippen molar-refractivity contribution in [2.75, 3.05) is 10.2 Å². The molecule has 4 aromatic rings. The molecule has 0 saturated carbocycles. The molecule has 8 nitrogen and oxygen atoms in total. The summed E-state index contributed by atoms with van der Waals surface area (Å²) in [5, 5.41) is 3.03. The van der Waals surface area contributed by atoms with Crippen LogP contribution in [0.15, 0.2) is 87.2 Å². The number of furan rings is 1. The van der Waals surface area contributed by atoms with Crippen LogP contribution in [0.3, 0.4) is 0 Å². The third-order valence-electron chi connectivity index (χ3n) is 6.34. The summed E-state index contributed by atoms with van der Waals surface area (Å²) >= 11 is 8.04. The van der Waals surface area contributed by atoms with E-state index in [-0.39, 0.29) is 23.2 Å². The van der Waals surface area contributed by atoms with Crippen LogP contribution < -0.4 is 15.1 Å². The number of benzene rings is 2. The normalized spacial score (nSPS) is 20.6. The largest absolute Gasteiger partial charge is 0.469 e. The Morgan fingerprint density at radius 3 is 2.43 bits per heavy atom. The molecule has 1 saturated heterocycles. The van der Waals surface area contributed by atoms with Crippen LogP contribution in [-0.2, 0) is 20.9 Å². The predicted molar refractivity (Wildman–Crippen MR) is 141 cm³/mol. The molecule has 1 fully saturated rings. The number of nitrogens with one attached hydrogen (secondary N) is 1. The van der Waals surface area contributed by atoms with Crippen molar-refractivity contribution >= 4 is 63.8 Å². The summed E-state index contributed by atoms with van der Waals surface area (Å²) in [6.45, 7) is -0.243. The highest BCUT2D eigenvalue weighted by Crippen LogP contribution is 2.53. The Morgan fingerprint density at radius 1 is 0.973 bits per heavy atom. The molecule has 0 radical (unpaired) electrons. The minimum Gasteiger partial charge on any atom is -0.469 e. The fourth-order valence-electron chi connectivity index (χ4n) is 4.74. The van der Waals surface area contributed by atoms with E-state index in [1.165, 1.54) is 15.7 Å². The lowest BCUT2D eigenvalue weighted by atomic mass is 9.87. The summed E-state index contributed by atoms with van der Waals surface area (Å²) in [4.78, 5) is 54.6. The first-order chi connectivity index (χ1) is 17.9. The number of para-hydroxylation sites is 1. The van der Waals surface area contributed by atoms with E-state index in [4.69, 9.17) is 16.0 Å². The van der Waals surface area contributed by atoms with E-state index in [1.807, 2.05) is 6.07 Å². The Labute approximate surface area is 223 Å². The number of halogens is 1. The average Bonchev–Trinajstić information content (AvgIpc) is 3.59. The number of anilines is 2. The van der Waals surface area contributed by atoms with Gasteiger partial charge in [-0.25, -0.2) is 4.90 Å². The third-order valence-corrected chi connectivity index (χ3v) is 9.20. The Bertz CT molecular complexity index is 1560. The first kappa shape index (κ1) is 23.8. The Balaban J connectivity index is 1.38. The topological polar surface area (TPSA) is 102 Å². The molecule has 3 atom stereocenters. The van der Waals surface area contributed by atoms with Crippen molar-refractivity contribution in [2.24, 2.45) is 5.92 Å². The highest BCUT2D eigenvalue weighted by atomic mass is 35.5. The van der Waals surface area contributed by atoms with Gasteiger partial charge in [0.2, 0.25) is 17.7 Å². The van der Waals surface area contributed by atoms with Gasteiger partial charge < -0.3 is 9.73 Å². The molecule has 2 unspecified atom stereocenters. The quantitative estimate of drug-likeness (QED) is 0.364. The molecule has 4 heterocycles. The van der Waals surface area contributed by atoms with Gasteiger partial charge in [-0.1, -0.05) is 52.9 Å². The van der Waals surface area contributed by atoms with Gasteiger partial charge in [0.1, 0.15) is 17.6 Å². The highest BCUT2D eigenvalue weighted by Gasteiger charge is 2.57. The maximum Gasteiger partial charge on any atom is 0.308 e. The van der Waals surface area contributed by atoms with Crippen LogP contribution in [-0.4, -0.2) is 27.5 Å². The van der Waals surface area contributed by atoms with Crippen molar-refractivity contribution in [3.63, 3.8) is 0 Å². The first-order valence-electron chi connectivity index (χ1n) is 11.3. The summed E-state index contributed by atoms with van der Waals surface area (Å²) in [5.41, 5.74) is 1.04. The molecular weight excluding hydrogens is 534 g/mol. The lowest BCUT2D eigenvalue weighted by molar-refractivity contribution is -0.122. The summed E-state index contributed by atoms with van der Waals surface area (Å²) < 4.78 is 7.06. The molecule has 2 aliphatic rings. The van der Waals surface area contributed by atoms with E-state index in [0.29, 0.717) is 32.1 Å². The van der Waals surface area contributed by atoms with Crippen LogP contribution in [0, 0.1) is 5.92 Å². The molecule has 2 aromatic heterocycles. The Hall–Kier alpha value is -3.60. The molecule has 0 bridgehead atoms. The number of thioether (sulfide) groups is 1. The van der Waals surface area contributed by atoms with Crippen LogP contribution in [0.1, 0.15) is 16.6 Å². The number of aromatic nitrogens is 1. The van der Waals surface area contributed by atoms with Crippen molar-refractivity contribution in [3.8, 4) is 0 Å². The second kappa shape index (κ2) is 9.37. The van der Waals surface area contributed by atoms with E-state index in [2.05, 4.69) is 5.32 Å². The second-order valence-electron chi connectivity index (χ2n) is 8.58. The molecule has 2 aliphatic heterocycles. The first-order valence-corrected chi connectivity index (χ1v) is 13.4. The van der Waals surface area contributed by atoms with Crippen molar-refractivity contribution in [1.82, 2.24) is 4.57 Å². The van der Waals surface area contributed by atoms with Gasteiger partial charge in [0.15, 0.2) is 0 Å². The SMILES string of the molecule is O=C(Cn1c2c(sc1=O)[C@H](c1ccco1)C1C(=O)N(c3ccccc3)C(=O)C1S2)Nc1ccc(Cl)cc1. The number of nitrogens with zero attached hydrogens (tertiary/aromatic N) is 2. The molecule has 186 valence electrons. The van der Waals surface area contributed by atoms with Gasteiger partial charge in [-0.15, -0.1) is 0 Å². The second-order valence-corrected chi connectivity index (χ2v) is 11.1. The molecule has 1 N–H and O–H groups in total. The lowest BCUT2D eigenvalue weighted by Crippen LogP contribution is -2.32. The maximum atomic E-state index is 13.7. The van der Waals surface area contributed by atoms with E-state index >= 15 is 0 Å². The van der Waals surface area contributed by atoms with Crippen LogP contribution in [0.25, 0.3) is 0 Å². The fourth-order valence-corrected chi connectivity index (χ4v) is 7.62. The smallest absolute Gasteiger partial charge is 0.308 e. The monoisotopic (exact) mass is 551 g/mol. The molecule has 11 heteroatoms. The molecule has 2 aromatic carbocycles. The van der Waals surface area contributed by atoms with E-state index < -0.39 is 23.0 Å². The van der Waals surface area contributed by atoms with Crippen molar-refractivity contribution < 1.29 is 18.8 Å². The number of carbonyl (C=O) groups excluding carboxylic acids is 3. The number of imide groups is 1. The molecular formula is C26H18ClN3O5S2. The lowest BCUT2D eigenvalue weighted by Gasteiger charge is -2.29. The van der Waals surface area contributed by atoms with Crippen LogP contribution in [0.5, 0.6) is 0 Å². The standard InChI is InChI=1S/C26H18ClN3O5S2/c27-14-8-10-15(11-9-14)28-18(31)13-29-25-22(37-26(29)34)19(17-7-4-12-35-17)20-21(36-25)24(33)30(23(20)32)16-5-2-1-3-6-16/h1-12,19-21H,13H2,(H,28,31)/t19-,20?,21?/m1/s1. The third kappa shape index (κ3) is 4.11.